The second-order valence-corrected chi connectivity index (χ2v) is 9.33. The summed E-state index contributed by atoms with van der Waals surface area (Å²) in [6.07, 6.45) is 4.95. The van der Waals surface area contributed by atoms with Gasteiger partial charge >= 0.3 is 0 Å². The monoisotopic (exact) mass is 364 g/mol. The van der Waals surface area contributed by atoms with Gasteiger partial charge in [0.2, 0.25) is 0 Å². The van der Waals surface area contributed by atoms with Gasteiger partial charge in [-0.25, -0.2) is 0 Å². The van der Waals surface area contributed by atoms with Gasteiger partial charge in [0.05, 0.1) is 0 Å². The maximum absolute atomic E-state index is 2.55. The minimum absolute atomic E-state index is 0.192. The van der Waals surface area contributed by atoms with E-state index in [4.69, 9.17) is 0 Å². The lowest BCUT2D eigenvalue weighted by Gasteiger charge is -2.21. The van der Waals surface area contributed by atoms with Gasteiger partial charge in [0, 0.05) is 11.8 Å². The Hall–Kier alpha value is -2.60. The molecular formula is C28H28. The molecule has 0 radical (unpaired) electrons. The maximum atomic E-state index is 2.55. The van der Waals surface area contributed by atoms with Crippen molar-refractivity contribution in [1.82, 2.24) is 0 Å². The van der Waals surface area contributed by atoms with Gasteiger partial charge in [-0.2, -0.15) is 0 Å². The molecule has 1 unspecified atom stereocenters. The Morgan fingerprint density at radius 1 is 0.607 bits per heavy atom. The fourth-order valence-corrected chi connectivity index (χ4v) is 5.26. The lowest BCUT2D eigenvalue weighted by atomic mass is 9.83. The van der Waals surface area contributed by atoms with Gasteiger partial charge in [-0.1, -0.05) is 99.6 Å². The van der Waals surface area contributed by atoms with Crippen LogP contribution in [-0.4, -0.2) is 0 Å². The third-order valence-corrected chi connectivity index (χ3v) is 6.56. The molecule has 0 heteroatoms. The van der Waals surface area contributed by atoms with Crippen LogP contribution >= 0.6 is 0 Å². The van der Waals surface area contributed by atoms with Crippen LogP contribution in [0.1, 0.15) is 67.7 Å². The second-order valence-electron chi connectivity index (χ2n) is 9.33. The predicted molar refractivity (Wildman–Crippen MR) is 120 cm³/mol. The molecule has 0 aromatic heterocycles. The number of rotatable bonds is 3. The average Bonchev–Trinajstić information content (AvgIpc) is 3.23. The summed E-state index contributed by atoms with van der Waals surface area (Å²) in [6, 6.07) is 27.0. The van der Waals surface area contributed by atoms with E-state index in [0.29, 0.717) is 11.8 Å². The smallest absolute Gasteiger partial charge is 0.0102 e. The van der Waals surface area contributed by atoms with E-state index in [1.165, 1.54) is 51.8 Å². The van der Waals surface area contributed by atoms with Crippen LogP contribution in [0.15, 0.2) is 78.9 Å². The van der Waals surface area contributed by atoms with Crippen LogP contribution in [-0.2, 0) is 0 Å². The fraction of sp³-hybridized carbons (Fsp3) is 0.286. The first-order chi connectivity index (χ1) is 13.5. The predicted octanol–water partition coefficient (Wildman–Crippen LogP) is 7.81. The van der Waals surface area contributed by atoms with Crippen LogP contribution in [0, 0.1) is 5.41 Å². The molecule has 2 aliphatic rings. The van der Waals surface area contributed by atoms with Gasteiger partial charge in [-0.3, -0.25) is 0 Å². The summed E-state index contributed by atoms with van der Waals surface area (Å²) < 4.78 is 0. The Kier molecular flexibility index (Phi) is 4.05. The lowest BCUT2D eigenvalue weighted by Crippen LogP contribution is -2.06. The summed E-state index contributed by atoms with van der Waals surface area (Å²) in [6.45, 7) is 7.00. The maximum Gasteiger partial charge on any atom is 0.0102 e. The Morgan fingerprint density at radius 2 is 1.11 bits per heavy atom. The third-order valence-electron chi connectivity index (χ3n) is 6.56. The van der Waals surface area contributed by atoms with Crippen molar-refractivity contribution in [3.8, 4) is 11.1 Å². The standard InChI is InChI=1S/C28H28/c1-28(2,3)27-18-19(20-10-4-9-15-26(20)27)16-17-25-23-13-7-5-11-21(23)22-12-6-8-14-24(22)25/h4-15,18-19,25H,16-17H2,1-3H3. The zero-order valence-corrected chi connectivity index (χ0v) is 17.1. The highest BCUT2D eigenvalue weighted by Gasteiger charge is 2.32. The molecule has 0 fully saturated rings. The summed E-state index contributed by atoms with van der Waals surface area (Å²) in [5.74, 6) is 1.05. The molecule has 0 heterocycles. The van der Waals surface area contributed by atoms with Crippen LogP contribution in [0.4, 0.5) is 0 Å². The van der Waals surface area contributed by atoms with E-state index in [0.717, 1.165) is 0 Å². The van der Waals surface area contributed by atoms with Gasteiger partial charge in [0.15, 0.2) is 0 Å². The quantitative estimate of drug-likeness (QED) is 0.444. The van der Waals surface area contributed by atoms with Gasteiger partial charge in [0.25, 0.3) is 0 Å². The zero-order chi connectivity index (χ0) is 19.3. The summed E-state index contributed by atoms with van der Waals surface area (Å²) in [5, 5.41) is 0. The minimum Gasteiger partial charge on any atom is -0.0726 e. The molecule has 0 aliphatic heterocycles. The number of fused-ring (bicyclic) bond motifs is 4. The molecule has 28 heavy (non-hydrogen) atoms. The summed E-state index contributed by atoms with van der Waals surface area (Å²) in [7, 11) is 0. The zero-order valence-electron chi connectivity index (χ0n) is 17.1. The van der Waals surface area contributed by atoms with E-state index < -0.39 is 0 Å². The highest BCUT2D eigenvalue weighted by atomic mass is 14.4. The Bertz CT molecular complexity index is 1020. The van der Waals surface area contributed by atoms with Gasteiger partial charge in [0.1, 0.15) is 0 Å². The highest BCUT2D eigenvalue weighted by molar-refractivity contribution is 5.79. The normalized spacial score (nSPS) is 17.8. The van der Waals surface area contributed by atoms with Gasteiger partial charge < -0.3 is 0 Å². The van der Waals surface area contributed by atoms with Gasteiger partial charge in [-0.15, -0.1) is 0 Å². The molecule has 3 aromatic carbocycles. The summed E-state index contributed by atoms with van der Waals surface area (Å²) in [5.41, 5.74) is 10.6. The molecule has 5 rings (SSSR count). The van der Waals surface area contributed by atoms with Crippen molar-refractivity contribution >= 4 is 5.57 Å². The van der Waals surface area contributed by atoms with Crippen LogP contribution < -0.4 is 0 Å². The van der Waals surface area contributed by atoms with Crippen molar-refractivity contribution in [2.24, 2.45) is 5.41 Å². The first kappa shape index (κ1) is 17.5. The first-order valence-corrected chi connectivity index (χ1v) is 10.5. The average molecular weight is 365 g/mol. The van der Waals surface area contributed by atoms with Crippen LogP contribution in [0.25, 0.3) is 16.7 Å². The molecule has 3 aromatic rings. The molecule has 2 aliphatic carbocycles. The van der Waals surface area contributed by atoms with Crippen molar-refractivity contribution in [1.29, 1.82) is 0 Å². The SMILES string of the molecule is CC(C)(C)C1=CC(CCC2c3ccccc3-c3ccccc32)c2ccccc21. The van der Waals surface area contributed by atoms with Crippen molar-refractivity contribution in [2.45, 2.75) is 45.4 Å². The molecule has 0 N–H and O–H groups in total. The molecule has 0 bridgehead atoms. The van der Waals surface area contributed by atoms with Crippen LogP contribution in [0.2, 0.25) is 0 Å². The van der Waals surface area contributed by atoms with Crippen LogP contribution in [0.3, 0.4) is 0 Å². The van der Waals surface area contributed by atoms with Crippen molar-refractivity contribution < 1.29 is 0 Å². The number of hydrogen-bond acceptors (Lipinski definition) is 0. The van der Waals surface area contributed by atoms with Gasteiger partial charge in [-0.05, 0) is 57.2 Å². The molecule has 0 amide bonds. The summed E-state index contributed by atoms with van der Waals surface area (Å²) >= 11 is 0. The Morgan fingerprint density at radius 3 is 1.68 bits per heavy atom. The van der Waals surface area contributed by atoms with E-state index >= 15 is 0 Å². The number of allylic oxidation sites excluding steroid dienone is 2. The molecule has 0 saturated carbocycles. The summed E-state index contributed by atoms with van der Waals surface area (Å²) in [4.78, 5) is 0. The molecular weight excluding hydrogens is 336 g/mol. The molecule has 1 atom stereocenters. The lowest BCUT2D eigenvalue weighted by molar-refractivity contribution is 0.566. The van der Waals surface area contributed by atoms with E-state index in [9.17, 15) is 0 Å². The molecule has 140 valence electrons. The number of hydrogen-bond donors (Lipinski definition) is 0. The minimum atomic E-state index is 0.192. The van der Waals surface area contributed by atoms with E-state index in [1.54, 1.807) is 0 Å². The van der Waals surface area contributed by atoms with E-state index in [1.807, 2.05) is 0 Å². The van der Waals surface area contributed by atoms with Crippen molar-refractivity contribution in [3.63, 3.8) is 0 Å². The largest absolute Gasteiger partial charge is 0.0726 e. The second kappa shape index (κ2) is 6.48. The van der Waals surface area contributed by atoms with E-state index in [-0.39, 0.29) is 5.41 Å². The Labute approximate surface area is 168 Å². The molecule has 0 spiro atoms. The highest BCUT2D eigenvalue weighted by Crippen LogP contribution is 2.50. The third kappa shape index (κ3) is 2.75. The Balaban J connectivity index is 1.47. The van der Waals surface area contributed by atoms with Crippen molar-refractivity contribution in [2.75, 3.05) is 0 Å². The molecule has 0 nitrogen and oxygen atoms in total. The molecule has 0 saturated heterocycles. The fourth-order valence-electron chi connectivity index (χ4n) is 5.26. The topological polar surface area (TPSA) is 0 Å². The number of benzene rings is 3. The van der Waals surface area contributed by atoms with Crippen LogP contribution in [0.5, 0.6) is 0 Å². The van der Waals surface area contributed by atoms with Crippen molar-refractivity contribution in [3.05, 3.63) is 101 Å². The first-order valence-electron chi connectivity index (χ1n) is 10.5. The van der Waals surface area contributed by atoms with E-state index in [2.05, 4.69) is 99.6 Å².